The Labute approximate surface area is 95.2 Å². The van der Waals surface area contributed by atoms with E-state index in [4.69, 9.17) is 4.52 Å². The first kappa shape index (κ1) is 10.1. The van der Waals surface area contributed by atoms with Gasteiger partial charge in [-0.05, 0) is 39.2 Å². The van der Waals surface area contributed by atoms with E-state index in [-0.39, 0.29) is 0 Å². The quantitative estimate of drug-likeness (QED) is 0.826. The van der Waals surface area contributed by atoms with E-state index < -0.39 is 0 Å². The highest BCUT2D eigenvalue weighted by Crippen LogP contribution is 2.31. The Morgan fingerprint density at radius 1 is 1.44 bits per heavy atom. The molecule has 1 N–H and O–H groups in total. The average Bonchev–Trinajstić information content (AvgIpc) is 2.81. The molecule has 0 aromatic carbocycles. The summed E-state index contributed by atoms with van der Waals surface area (Å²) in [4.78, 5) is 6.62. The Morgan fingerprint density at radius 3 is 2.88 bits per heavy atom. The minimum Gasteiger partial charge on any atom is -0.320 e. The molecule has 0 spiro atoms. The Morgan fingerprint density at radius 2 is 2.31 bits per heavy atom. The van der Waals surface area contributed by atoms with Gasteiger partial charge in [-0.1, -0.05) is 5.16 Å². The molecule has 0 radical (unpaired) electrons. The molecule has 1 saturated carbocycles. The third-order valence-electron chi connectivity index (χ3n) is 3.33. The van der Waals surface area contributed by atoms with Crippen LogP contribution in [0.2, 0.25) is 0 Å². The van der Waals surface area contributed by atoms with Crippen LogP contribution in [0.15, 0.2) is 4.52 Å². The zero-order valence-electron chi connectivity index (χ0n) is 9.65. The summed E-state index contributed by atoms with van der Waals surface area (Å²) < 4.78 is 5.28. The largest absolute Gasteiger partial charge is 0.324 e. The molecule has 0 bridgehead atoms. The lowest BCUT2D eigenvalue weighted by atomic mass is 10.2. The minimum absolute atomic E-state index is 0.591. The highest BCUT2D eigenvalue weighted by molar-refractivity contribution is 5.30. The summed E-state index contributed by atoms with van der Waals surface area (Å²) in [6.45, 7) is 4.02. The van der Waals surface area contributed by atoms with Crippen molar-refractivity contribution in [1.29, 1.82) is 0 Å². The lowest BCUT2D eigenvalue weighted by Crippen LogP contribution is -2.39. The summed E-state index contributed by atoms with van der Waals surface area (Å²) in [6, 6.07) is 1.92. The van der Waals surface area contributed by atoms with Crippen LogP contribution in [0.1, 0.15) is 31.5 Å². The molecule has 1 aromatic heterocycles. The fraction of sp³-hybridized carbons (Fsp3) is 0.818. The highest BCUT2D eigenvalue weighted by atomic mass is 16.5. The molecule has 5 heteroatoms. The molecule has 1 unspecified atom stereocenters. The average molecular weight is 222 g/mol. The van der Waals surface area contributed by atoms with Crippen LogP contribution >= 0.6 is 0 Å². The second-order valence-electron chi connectivity index (χ2n) is 4.80. The van der Waals surface area contributed by atoms with Crippen molar-refractivity contribution in [3.8, 4) is 0 Å². The molecule has 1 aliphatic carbocycles. The lowest BCUT2D eigenvalue weighted by Gasteiger charge is -2.23. The Kier molecular flexibility index (Phi) is 2.55. The van der Waals surface area contributed by atoms with Gasteiger partial charge in [-0.15, -0.1) is 0 Å². The number of hydrogen-bond acceptors (Lipinski definition) is 5. The lowest BCUT2D eigenvalue weighted by molar-refractivity contribution is 0.401. The van der Waals surface area contributed by atoms with Crippen molar-refractivity contribution >= 4 is 6.01 Å². The van der Waals surface area contributed by atoms with E-state index in [2.05, 4.69) is 20.4 Å². The van der Waals surface area contributed by atoms with Gasteiger partial charge in [0.2, 0.25) is 0 Å². The molecule has 2 fully saturated rings. The smallest absolute Gasteiger partial charge is 0.320 e. The van der Waals surface area contributed by atoms with Crippen molar-refractivity contribution < 1.29 is 4.52 Å². The summed E-state index contributed by atoms with van der Waals surface area (Å²) >= 11 is 0. The molecular formula is C11H18N4O. The topological polar surface area (TPSA) is 54.2 Å². The molecule has 16 heavy (non-hydrogen) atoms. The van der Waals surface area contributed by atoms with Gasteiger partial charge < -0.3 is 14.7 Å². The monoisotopic (exact) mass is 222 g/mol. The first-order chi connectivity index (χ1) is 7.83. The van der Waals surface area contributed by atoms with Crippen molar-refractivity contribution in [1.82, 2.24) is 15.5 Å². The SMILES string of the molecule is Cc1noc(N(CC2CCCN2)C2CC2)n1. The number of aryl methyl sites for hydroxylation is 1. The molecule has 1 atom stereocenters. The molecule has 1 aliphatic heterocycles. The third kappa shape index (κ3) is 2.04. The van der Waals surface area contributed by atoms with Gasteiger partial charge in [-0.3, -0.25) is 0 Å². The predicted molar refractivity (Wildman–Crippen MR) is 60.4 cm³/mol. The molecule has 2 heterocycles. The number of anilines is 1. The van der Waals surface area contributed by atoms with E-state index in [1.54, 1.807) is 0 Å². The van der Waals surface area contributed by atoms with Gasteiger partial charge in [-0.2, -0.15) is 4.98 Å². The van der Waals surface area contributed by atoms with E-state index in [0.29, 0.717) is 18.1 Å². The second-order valence-corrected chi connectivity index (χ2v) is 4.80. The number of nitrogens with zero attached hydrogens (tertiary/aromatic N) is 3. The summed E-state index contributed by atoms with van der Waals surface area (Å²) in [5.41, 5.74) is 0. The van der Waals surface area contributed by atoms with Gasteiger partial charge in [0.25, 0.3) is 0 Å². The third-order valence-corrected chi connectivity index (χ3v) is 3.33. The van der Waals surface area contributed by atoms with E-state index in [1.807, 2.05) is 6.92 Å². The van der Waals surface area contributed by atoms with Crippen molar-refractivity contribution in [3.05, 3.63) is 5.82 Å². The minimum atomic E-state index is 0.591. The standard InChI is InChI=1S/C11H18N4O/c1-8-13-11(16-14-8)15(10-4-5-10)7-9-3-2-6-12-9/h9-10,12H,2-7H2,1H3. The molecule has 1 saturated heterocycles. The first-order valence-electron chi connectivity index (χ1n) is 6.13. The number of nitrogens with one attached hydrogen (secondary N) is 1. The van der Waals surface area contributed by atoms with Gasteiger partial charge in [0.1, 0.15) is 0 Å². The van der Waals surface area contributed by atoms with Crippen LogP contribution < -0.4 is 10.2 Å². The normalized spacial score (nSPS) is 24.9. The van der Waals surface area contributed by atoms with Crippen molar-refractivity contribution in [3.63, 3.8) is 0 Å². The van der Waals surface area contributed by atoms with Crippen molar-refractivity contribution in [2.24, 2.45) is 0 Å². The fourth-order valence-corrected chi connectivity index (χ4v) is 2.32. The zero-order chi connectivity index (χ0) is 11.0. The maximum absolute atomic E-state index is 5.28. The van der Waals surface area contributed by atoms with E-state index in [9.17, 15) is 0 Å². The van der Waals surface area contributed by atoms with Gasteiger partial charge in [0, 0.05) is 18.6 Å². The summed E-state index contributed by atoms with van der Waals surface area (Å²) in [6.07, 6.45) is 5.06. The molecular weight excluding hydrogens is 204 g/mol. The van der Waals surface area contributed by atoms with Gasteiger partial charge >= 0.3 is 6.01 Å². The first-order valence-corrected chi connectivity index (χ1v) is 6.13. The van der Waals surface area contributed by atoms with E-state index in [0.717, 1.165) is 18.9 Å². The van der Waals surface area contributed by atoms with Crippen LogP contribution in [0.5, 0.6) is 0 Å². The number of aromatic nitrogens is 2. The zero-order valence-corrected chi connectivity index (χ0v) is 9.65. The summed E-state index contributed by atoms with van der Waals surface area (Å²) in [5, 5.41) is 7.39. The molecule has 3 rings (SSSR count). The van der Waals surface area contributed by atoms with Crippen molar-refractivity contribution in [2.75, 3.05) is 18.0 Å². The van der Waals surface area contributed by atoms with Crippen molar-refractivity contribution in [2.45, 2.75) is 44.7 Å². The molecule has 88 valence electrons. The van der Waals surface area contributed by atoms with E-state index >= 15 is 0 Å². The Bertz CT molecular complexity index is 355. The molecule has 1 aromatic rings. The summed E-state index contributed by atoms with van der Waals surface area (Å²) in [5.74, 6) is 0.722. The molecule has 0 amide bonds. The van der Waals surface area contributed by atoms with Crippen LogP contribution in [-0.4, -0.2) is 35.3 Å². The Balaban J connectivity index is 1.70. The molecule has 2 aliphatic rings. The van der Waals surface area contributed by atoms with Crippen LogP contribution in [0.3, 0.4) is 0 Å². The fourth-order valence-electron chi connectivity index (χ4n) is 2.32. The Hall–Kier alpha value is -1.10. The van der Waals surface area contributed by atoms with Crippen LogP contribution in [0.4, 0.5) is 6.01 Å². The number of rotatable bonds is 4. The maximum atomic E-state index is 5.28. The van der Waals surface area contributed by atoms with Gasteiger partial charge in [0.15, 0.2) is 5.82 Å². The number of hydrogen-bond donors (Lipinski definition) is 1. The van der Waals surface area contributed by atoms with Crippen LogP contribution in [-0.2, 0) is 0 Å². The molecule has 5 nitrogen and oxygen atoms in total. The second kappa shape index (κ2) is 4.05. The van der Waals surface area contributed by atoms with E-state index in [1.165, 1.54) is 25.7 Å². The predicted octanol–water partition coefficient (Wildman–Crippen LogP) is 1.10. The maximum Gasteiger partial charge on any atom is 0.324 e. The van der Waals surface area contributed by atoms with Gasteiger partial charge in [-0.25, -0.2) is 0 Å². The van der Waals surface area contributed by atoms with Crippen LogP contribution in [0, 0.1) is 6.92 Å². The highest BCUT2D eigenvalue weighted by Gasteiger charge is 2.34. The van der Waals surface area contributed by atoms with Crippen LogP contribution in [0.25, 0.3) is 0 Å². The summed E-state index contributed by atoms with van der Waals surface area (Å²) in [7, 11) is 0. The van der Waals surface area contributed by atoms with Gasteiger partial charge in [0.05, 0.1) is 0 Å².